The van der Waals surface area contributed by atoms with Gasteiger partial charge in [-0.3, -0.25) is 0 Å². The Labute approximate surface area is 123 Å². The van der Waals surface area contributed by atoms with Gasteiger partial charge in [-0.2, -0.15) is 15.0 Å². The van der Waals surface area contributed by atoms with Gasteiger partial charge in [0.15, 0.2) is 5.82 Å². The van der Waals surface area contributed by atoms with E-state index in [0.29, 0.717) is 11.8 Å². The van der Waals surface area contributed by atoms with Crippen molar-refractivity contribution in [1.29, 1.82) is 0 Å². The highest BCUT2D eigenvalue weighted by molar-refractivity contribution is 5.61. The van der Waals surface area contributed by atoms with Gasteiger partial charge in [-0.1, -0.05) is 0 Å². The summed E-state index contributed by atoms with van der Waals surface area (Å²) >= 11 is 0. The third-order valence-electron chi connectivity index (χ3n) is 3.98. The van der Waals surface area contributed by atoms with Gasteiger partial charge in [0.2, 0.25) is 11.9 Å². The van der Waals surface area contributed by atoms with Crippen molar-refractivity contribution in [3.05, 3.63) is 23.8 Å². The fourth-order valence-electron chi connectivity index (χ4n) is 2.89. The monoisotopic (exact) mass is 283 g/mol. The van der Waals surface area contributed by atoms with Crippen molar-refractivity contribution in [3.63, 3.8) is 0 Å². The summed E-state index contributed by atoms with van der Waals surface area (Å²) in [5.41, 5.74) is 8.03. The lowest BCUT2D eigenvalue weighted by molar-refractivity contribution is 0.357. The number of nitrogens with two attached hydrogens (primary N) is 1. The fraction of sp³-hybridized carbons (Fsp3) is 0.400. The van der Waals surface area contributed by atoms with Crippen LogP contribution in [-0.4, -0.2) is 34.6 Å². The van der Waals surface area contributed by atoms with Crippen LogP contribution in [0.25, 0.3) is 11.4 Å². The van der Waals surface area contributed by atoms with Gasteiger partial charge in [0.05, 0.1) is 6.61 Å². The maximum Gasteiger partial charge on any atom is 0.230 e. The van der Waals surface area contributed by atoms with Gasteiger partial charge >= 0.3 is 0 Å². The number of aromatic nitrogens is 3. The van der Waals surface area contributed by atoms with Crippen LogP contribution < -0.4 is 15.4 Å². The van der Waals surface area contributed by atoms with Crippen LogP contribution in [0.3, 0.4) is 0 Å². The van der Waals surface area contributed by atoms with E-state index in [1.807, 2.05) is 12.1 Å². The standard InChI is InChI=1S/C15H17N5O/c16-14-17-13(18-15(19-14)20-6-1-2-7-20)11-3-4-12-10(9-11)5-8-21-12/h3-4,9H,1-2,5-8H2,(H2,16,17,18,19). The van der Waals surface area contributed by atoms with Crippen molar-refractivity contribution < 1.29 is 4.74 Å². The second kappa shape index (κ2) is 4.87. The van der Waals surface area contributed by atoms with Crippen LogP contribution in [0.5, 0.6) is 5.75 Å². The highest BCUT2D eigenvalue weighted by Gasteiger charge is 2.18. The first kappa shape index (κ1) is 12.4. The molecule has 108 valence electrons. The minimum Gasteiger partial charge on any atom is -0.493 e. The molecule has 1 aromatic carbocycles. The van der Waals surface area contributed by atoms with E-state index in [4.69, 9.17) is 10.5 Å². The molecule has 0 amide bonds. The Balaban J connectivity index is 1.74. The Kier molecular flexibility index (Phi) is 2.87. The van der Waals surface area contributed by atoms with Crippen molar-refractivity contribution in [1.82, 2.24) is 15.0 Å². The van der Waals surface area contributed by atoms with Crippen molar-refractivity contribution in [3.8, 4) is 17.1 Å². The molecule has 1 fully saturated rings. The maximum absolute atomic E-state index is 5.86. The summed E-state index contributed by atoms with van der Waals surface area (Å²) in [5, 5.41) is 0. The third-order valence-corrected chi connectivity index (χ3v) is 3.98. The average molecular weight is 283 g/mol. The molecule has 2 N–H and O–H groups in total. The Morgan fingerprint density at radius 1 is 1.10 bits per heavy atom. The molecule has 0 atom stereocenters. The second-order valence-corrected chi connectivity index (χ2v) is 5.43. The zero-order valence-corrected chi connectivity index (χ0v) is 11.7. The number of ether oxygens (including phenoxy) is 1. The first-order valence-electron chi connectivity index (χ1n) is 7.32. The molecule has 1 aromatic heterocycles. The average Bonchev–Trinajstić information content (AvgIpc) is 3.17. The first-order valence-corrected chi connectivity index (χ1v) is 7.32. The number of nitrogens with zero attached hydrogens (tertiary/aromatic N) is 4. The first-order chi connectivity index (χ1) is 10.3. The Bertz CT molecular complexity index is 682. The molecule has 3 heterocycles. The third kappa shape index (κ3) is 2.26. The van der Waals surface area contributed by atoms with E-state index in [0.717, 1.165) is 37.4 Å². The summed E-state index contributed by atoms with van der Waals surface area (Å²) in [7, 11) is 0. The number of fused-ring (bicyclic) bond motifs is 1. The van der Waals surface area contributed by atoms with E-state index >= 15 is 0 Å². The molecular formula is C15H17N5O. The highest BCUT2D eigenvalue weighted by atomic mass is 16.5. The largest absolute Gasteiger partial charge is 0.493 e. The van der Waals surface area contributed by atoms with Crippen LogP contribution in [0.15, 0.2) is 18.2 Å². The van der Waals surface area contributed by atoms with Crippen LogP contribution >= 0.6 is 0 Å². The van der Waals surface area contributed by atoms with Gasteiger partial charge in [0.25, 0.3) is 0 Å². The second-order valence-electron chi connectivity index (χ2n) is 5.43. The van der Waals surface area contributed by atoms with E-state index < -0.39 is 0 Å². The van der Waals surface area contributed by atoms with E-state index in [1.54, 1.807) is 0 Å². The van der Waals surface area contributed by atoms with Crippen molar-refractivity contribution in [2.75, 3.05) is 30.3 Å². The zero-order valence-electron chi connectivity index (χ0n) is 11.7. The lowest BCUT2D eigenvalue weighted by Gasteiger charge is -2.15. The van der Waals surface area contributed by atoms with Gasteiger partial charge in [0, 0.05) is 25.1 Å². The summed E-state index contributed by atoms with van der Waals surface area (Å²) in [4.78, 5) is 15.3. The van der Waals surface area contributed by atoms with Crippen LogP contribution in [0, 0.1) is 0 Å². The van der Waals surface area contributed by atoms with Crippen LogP contribution in [-0.2, 0) is 6.42 Å². The molecule has 2 aliphatic heterocycles. The van der Waals surface area contributed by atoms with Gasteiger partial charge in [0.1, 0.15) is 5.75 Å². The number of hydrogen-bond acceptors (Lipinski definition) is 6. The van der Waals surface area contributed by atoms with Gasteiger partial charge in [-0.15, -0.1) is 0 Å². The number of hydrogen-bond donors (Lipinski definition) is 1. The minimum absolute atomic E-state index is 0.277. The molecule has 6 nitrogen and oxygen atoms in total. The smallest absolute Gasteiger partial charge is 0.230 e. The summed E-state index contributed by atoms with van der Waals surface area (Å²) in [6.45, 7) is 2.72. The maximum atomic E-state index is 5.86. The quantitative estimate of drug-likeness (QED) is 0.903. The van der Waals surface area contributed by atoms with Gasteiger partial charge in [-0.25, -0.2) is 0 Å². The van der Waals surface area contributed by atoms with Crippen LogP contribution in [0.4, 0.5) is 11.9 Å². The van der Waals surface area contributed by atoms with Crippen molar-refractivity contribution >= 4 is 11.9 Å². The van der Waals surface area contributed by atoms with Gasteiger partial charge in [-0.05, 0) is 36.6 Å². The molecule has 6 heteroatoms. The molecular weight excluding hydrogens is 266 g/mol. The lowest BCUT2D eigenvalue weighted by atomic mass is 10.1. The molecule has 4 rings (SSSR count). The minimum atomic E-state index is 0.277. The van der Waals surface area contributed by atoms with Crippen molar-refractivity contribution in [2.45, 2.75) is 19.3 Å². The number of anilines is 2. The summed E-state index contributed by atoms with van der Waals surface area (Å²) in [6.07, 6.45) is 3.29. The van der Waals surface area contributed by atoms with E-state index in [2.05, 4.69) is 25.9 Å². The summed E-state index contributed by atoms with van der Waals surface area (Å²) in [5.74, 6) is 2.56. The molecule has 0 unspecified atom stereocenters. The zero-order chi connectivity index (χ0) is 14.2. The molecule has 1 saturated heterocycles. The Hall–Kier alpha value is -2.37. The van der Waals surface area contributed by atoms with Crippen LogP contribution in [0.2, 0.25) is 0 Å². The fourth-order valence-corrected chi connectivity index (χ4v) is 2.89. The highest BCUT2D eigenvalue weighted by Crippen LogP contribution is 2.30. The molecule has 0 aliphatic carbocycles. The number of benzene rings is 1. The SMILES string of the molecule is Nc1nc(-c2ccc3c(c2)CCO3)nc(N2CCCC2)n1. The predicted molar refractivity (Wildman–Crippen MR) is 80.3 cm³/mol. The molecule has 0 saturated carbocycles. The topological polar surface area (TPSA) is 77.2 Å². The normalized spacial score (nSPS) is 16.9. The summed E-state index contributed by atoms with van der Waals surface area (Å²) in [6, 6.07) is 6.05. The molecule has 2 aliphatic rings. The predicted octanol–water partition coefficient (Wildman–Crippen LogP) is 1.66. The van der Waals surface area contributed by atoms with E-state index in [-0.39, 0.29) is 5.95 Å². The summed E-state index contributed by atoms with van der Waals surface area (Å²) < 4.78 is 5.53. The Morgan fingerprint density at radius 3 is 2.81 bits per heavy atom. The van der Waals surface area contributed by atoms with Gasteiger partial charge < -0.3 is 15.4 Å². The molecule has 0 radical (unpaired) electrons. The number of nitrogen functional groups attached to an aromatic ring is 1. The Morgan fingerprint density at radius 2 is 1.95 bits per heavy atom. The van der Waals surface area contributed by atoms with E-state index in [1.165, 1.54) is 18.4 Å². The van der Waals surface area contributed by atoms with Crippen molar-refractivity contribution in [2.24, 2.45) is 0 Å². The molecule has 2 aromatic rings. The van der Waals surface area contributed by atoms with E-state index in [9.17, 15) is 0 Å². The molecule has 0 bridgehead atoms. The number of rotatable bonds is 2. The van der Waals surface area contributed by atoms with Crippen LogP contribution in [0.1, 0.15) is 18.4 Å². The molecule has 21 heavy (non-hydrogen) atoms. The molecule has 0 spiro atoms. The lowest BCUT2D eigenvalue weighted by Crippen LogP contribution is -2.21.